The van der Waals surface area contributed by atoms with E-state index in [1.54, 1.807) is 19.1 Å². The highest BCUT2D eigenvalue weighted by atomic mass is 16.5. The number of rotatable bonds is 4. The number of nitrogen functional groups attached to an aromatic ring is 1. The summed E-state index contributed by atoms with van der Waals surface area (Å²) in [5, 5.41) is 3.19. The van der Waals surface area contributed by atoms with Gasteiger partial charge in [-0.3, -0.25) is 0 Å². The van der Waals surface area contributed by atoms with Crippen LogP contribution in [0.1, 0.15) is 21.6 Å². The van der Waals surface area contributed by atoms with Gasteiger partial charge in [0.25, 0.3) is 0 Å². The zero-order chi connectivity index (χ0) is 14.5. The lowest BCUT2D eigenvalue weighted by Gasteiger charge is -2.09. The van der Waals surface area contributed by atoms with Crippen molar-refractivity contribution in [1.82, 2.24) is 4.98 Å². The molecule has 0 fully saturated rings. The summed E-state index contributed by atoms with van der Waals surface area (Å²) in [7, 11) is 1.35. The van der Waals surface area contributed by atoms with Gasteiger partial charge in [0, 0.05) is 12.2 Å². The number of nitrogens with two attached hydrogens (primary N) is 1. The molecule has 0 radical (unpaired) electrons. The molecule has 0 amide bonds. The van der Waals surface area contributed by atoms with E-state index in [2.05, 4.69) is 15.0 Å². The van der Waals surface area contributed by atoms with Gasteiger partial charge in [-0.2, -0.15) is 0 Å². The molecule has 0 aliphatic carbocycles. The average molecular weight is 271 g/mol. The molecule has 2 rings (SSSR count). The zero-order valence-electron chi connectivity index (χ0n) is 11.5. The SMILES string of the molecule is COC(=O)c1ccc(NCc2cccc(N)c2)nc1C. The molecular formula is C15H17N3O2. The Balaban J connectivity index is 2.07. The van der Waals surface area contributed by atoms with E-state index >= 15 is 0 Å². The first kappa shape index (κ1) is 13.9. The van der Waals surface area contributed by atoms with Crippen LogP contribution in [-0.4, -0.2) is 18.1 Å². The van der Waals surface area contributed by atoms with Crippen molar-refractivity contribution in [3.8, 4) is 0 Å². The van der Waals surface area contributed by atoms with Crippen molar-refractivity contribution in [3.05, 3.63) is 53.2 Å². The maximum Gasteiger partial charge on any atom is 0.339 e. The molecule has 5 heteroatoms. The van der Waals surface area contributed by atoms with Crippen molar-refractivity contribution in [3.63, 3.8) is 0 Å². The summed E-state index contributed by atoms with van der Waals surface area (Å²) in [6.45, 7) is 2.40. The van der Waals surface area contributed by atoms with E-state index in [1.165, 1.54) is 7.11 Å². The molecule has 0 aliphatic heterocycles. The molecule has 2 aromatic rings. The summed E-state index contributed by atoms with van der Waals surface area (Å²) in [6, 6.07) is 11.1. The molecule has 0 bridgehead atoms. The van der Waals surface area contributed by atoms with Gasteiger partial charge in [-0.1, -0.05) is 12.1 Å². The van der Waals surface area contributed by atoms with E-state index < -0.39 is 0 Å². The van der Waals surface area contributed by atoms with Gasteiger partial charge >= 0.3 is 5.97 Å². The van der Waals surface area contributed by atoms with Crippen LogP contribution >= 0.6 is 0 Å². The van der Waals surface area contributed by atoms with Crippen LogP contribution in [0.4, 0.5) is 11.5 Å². The number of hydrogen-bond acceptors (Lipinski definition) is 5. The van der Waals surface area contributed by atoms with E-state index in [0.717, 1.165) is 11.3 Å². The van der Waals surface area contributed by atoms with Crippen LogP contribution in [-0.2, 0) is 11.3 Å². The molecule has 0 unspecified atom stereocenters. The van der Waals surface area contributed by atoms with Crippen LogP contribution < -0.4 is 11.1 Å². The minimum absolute atomic E-state index is 0.377. The highest BCUT2D eigenvalue weighted by molar-refractivity contribution is 5.90. The van der Waals surface area contributed by atoms with Crippen molar-refractivity contribution in [2.24, 2.45) is 0 Å². The Morgan fingerprint density at radius 3 is 2.80 bits per heavy atom. The van der Waals surface area contributed by atoms with Gasteiger partial charge in [-0.05, 0) is 36.8 Å². The van der Waals surface area contributed by atoms with E-state index in [4.69, 9.17) is 5.73 Å². The third kappa shape index (κ3) is 3.26. The minimum Gasteiger partial charge on any atom is -0.465 e. The van der Waals surface area contributed by atoms with Crippen molar-refractivity contribution >= 4 is 17.5 Å². The molecule has 1 aromatic heterocycles. The molecule has 20 heavy (non-hydrogen) atoms. The molecule has 0 saturated carbocycles. The number of esters is 1. The number of aryl methyl sites for hydroxylation is 1. The number of aromatic nitrogens is 1. The first-order valence-corrected chi connectivity index (χ1v) is 6.24. The van der Waals surface area contributed by atoms with Crippen molar-refractivity contribution in [1.29, 1.82) is 0 Å². The van der Waals surface area contributed by atoms with Crippen molar-refractivity contribution in [2.75, 3.05) is 18.2 Å². The Morgan fingerprint density at radius 2 is 2.15 bits per heavy atom. The largest absolute Gasteiger partial charge is 0.465 e. The maximum atomic E-state index is 11.5. The molecule has 3 N–H and O–H groups in total. The predicted octanol–water partition coefficient (Wildman–Crippen LogP) is 2.37. The smallest absolute Gasteiger partial charge is 0.339 e. The lowest BCUT2D eigenvalue weighted by molar-refractivity contribution is 0.0599. The number of hydrogen-bond donors (Lipinski definition) is 2. The Kier molecular flexibility index (Phi) is 4.20. The number of carbonyl (C=O) groups is 1. The summed E-state index contributed by atoms with van der Waals surface area (Å²) in [5.74, 6) is 0.329. The van der Waals surface area contributed by atoms with Crippen LogP contribution in [0.5, 0.6) is 0 Å². The van der Waals surface area contributed by atoms with E-state index in [-0.39, 0.29) is 5.97 Å². The van der Waals surface area contributed by atoms with Gasteiger partial charge in [-0.15, -0.1) is 0 Å². The number of nitrogens with one attached hydrogen (secondary N) is 1. The first-order valence-electron chi connectivity index (χ1n) is 6.24. The van der Waals surface area contributed by atoms with Crippen LogP contribution in [0.2, 0.25) is 0 Å². The Hall–Kier alpha value is -2.56. The second kappa shape index (κ2) is 6.06. The summed E-state index contributed by atoms with van der Waals surface area (Å²) in [6.07, 6.45) is 0. The number of carbonyl (C=O) groups excluding carboxylic acids is 1. The topological polar surface area (TPSA) is 77.2 Å². The monoisotopic (exact) mass is 271 g/mol. The van der Waals surface area contributed by atoms with Crippen LogP contribution in [0.15, 0.2) is 36.4 Å². The number of nitrogens with zero attached hydrogens (tertiary/aromatic N) is 1. The van der Waals surface area contributed by atoms with Gasteiger partial charge in [0.15, 0.2) is 0 Å². The number of methoxy groups -OCH3 is 1. The summed E-state index contributed by atoms with van der Waals surface area (Å²) in [5.41, 5.74) is 8.63. The molecule has 0 saturated heterocycles. The molecular weight excluding hydrogens is 254 g/mol. The fraction of sp³-hybridized carbons (Fsp3) is 0.200. The fourth-order valence-corrected chi connectivity index (χ4v) is 1.88. The lowest BCUT2D eigenvalue weighted by atomic mass is 10.2. The van der Waals surface area contributed by atoms with Gasteiger partial charge in [0.2, 0.25) is 0 Å². The summed E-state index contributed by atoms with van der Waals surface area (Å²) in [4.78, 5) is 15.8. The van der Waals surface area contributed by atoms with Gasteiger partial charge in [-0.25, -0.2) is 9.78 Å². The number of benzene rings is 1. The Morgan fingerprint density at radius 1 is 1.35 bits per heavy atom. The zero-order valence-corrected chi connectivity index (χ0v) is 11.5. The predicted molar refractivity (Wildman–Crippen MR) is 78.5 cm³/mol. The molecule has 1 aromatic carbocycles. The average Bonchev–Trinajstić information content (AvgIpc) is 2.44. The Bertz CT molecular complexity index is 626. The van der Waals surface area contributed by atoms with Gasteiger partial charge < -0.3 is 15.8 Å². The van der Waals surface area contributed by atoms with Gasteiger partial charge in [0.05, 0.1) is 18.4 Å². The number of anilines is 2. The summed E-state index contributed by atoms with van der Waals surface area (Å²) < 4.78 is 4.69. The van der Waals surface area contributed by atoms with Crippen LogP contribution in [0.3, 0.4) is 0 Å². The quantitative estimate of drug-likeness (QED) is 0.659. The first-order chi connectivity index (χ1) is 9.60. The normalized spacial score (nSPS) is 10.1. The van der Waals surface area contributed by atoms with E-state index in [9.17, 15) is 4.79 Å². The fourth-order valence-electron chi connectivity index (χ4n) is 1.88. The molecule has 5 nitrogen and oxygen atoms in total. The highest BCUT2D eigenvalue weighted by Crippen LogP contribution is 2.13. The lowest BCUT2D eigenvalue weighted by Crippen LogP contribution is -2.08. The third-order valence-corrected chi connectivity index (χ3v) is 2.92. The maximum absolute atomic E-state index is 11.5. The summed E-state index contributed by atoms with van der Waals surface area (Å²) >= 11 is 0. The van der Waals surface area contributed by atoms with E-state index in [1.807, 2.05) is 24.3 Å². The van der Waals surface area contributed by atoms with E-state index in [0.29, 0.717) is 23.6 Å². The van der Waals surface area contributed by atoms with Crippen molar-refractivity contribution in [2.45, 2.75) is 13.5 Å². The number of ether oxygens (including phenoxy) is 1. The van der Waals surface area contributed by atoms with Crippen LogP contribution in [0.25, 0.3) is 0 Å². The Labute approximate surface area is 117 Å². The molecule has 0 spiro atoms. The standard InChI is InChI=1S/C15H17N3O2/c1-10-13(15(19)20-2)6-7-14(18-10)17-9-11-4-3-5-12(16)8-11/h3-8H,9,16H2,1-2H3,(H,17,18). The van der Waals surface area contributed by atoms with Crippen LogP contribution in [0, 0.1) is 6.92 Å². The number of pyridine rings is 1. The molecule has 1 heterocycles. The van der Waals surface area contributed by atoms with Gasteiger partial charge in [0.1, 0.15) is 5.82 Å². The van der Waals surface area contributed by atoms with Crippen molar-refractivity contribution < 1.29 is 9.53 Å². The molecule has 0 atom stereocenters. The molecule has 0 aliphatic rings. The second-order valence-electron chi connectivity index (χ2n) is 4.42. The third-order valence-electron chi connectivity index (χ3n) is 2.92. The molecule has 104 valence electrons. The minimum atomic E-state index is -0.377. The second-order valence-corrected chi connectivity index (χ2v) is 4.42. The highest BCUT2D eigenvalue weighted by Gasteiger charge is 2.10.